The molecule has 29 heavy (non-hydrogen) atoms. The molecule has 0 aliphatic heterocycles. The van der Waals surface area contributed by atoms with Gasteiger partial charge in [-0.25, -0.2) is 4.98 Å². The number of nitrogens with zero attached hydrogens (tertiary/aromatic N) is 2. The number of carbonyl (C=O) groups is 1. The third kappa shape index (κ3) is 5.23. The van der Waals surface area contributed by atoms with Gasteiger partial charge in [-0.15, -0.1) is 0 Å². The van der Waals surface area contributed by atoms with Crippen LogP contribution >= 0.6 is 11.6 Å². The van der Waals surface area contributed by atoms with Gasteiger partial charge < -0.3 is 5.32 Å². The number of aromatic nitrogens is 2. The highest BCUT2D eigenvalue weighted by atomic mass is 35.5. The zero-order chi connectivity index (χ0) is 21.0. The van der Waals surface area contributed by atoms with Gasteiger partial charge in [-0.1, -0.05) is 41.9 Å². The van der Waals surface area contributed by atoms with Crippen molar-refractivity contribution >= 4 is 17.5 Å². The highest BCUT2D eigenvalue weighted by molar-refractivity contribution is 6.31. The minimum Gasteiger partial charge on any atom is -0.350 e. The second kappa shape index (κ2) is 8.48. The van der Waals surface area contributed by atoms with Crippen molar-refractivity contribution in [3.8, 4) is 11.3 Å². The maximum Gasteiger partial charge on any atom is 0.416 e. The fourth-order valence-corrected chi connectivity index (χ4v) is 2.78. The smallest absolute Gasteiger partial charge is 0.350 e. The van der Waals surface area contributed by atoms with Crippen LogP contribution in [0.25, 0.3) is 11.3 Å². The Morgan fingerprint density at radius 3 is 2.41 bits per heavy atom. The summed E-state index contributed by atoms with van der Waals surface area (Å²) in [5, 5.41) is 3.19. The van der Waals surface area contributed by atoms with Gasteiger partial charge in [-0.2, -0.15) is 13.2 Å². The van der Waals surface area contributed by atoms with E-state index in [-0.39, 0.29) is 18.8 Å². The van der Waals surface area contributed by atoms with Crippen molar-refractivity contribution in [2.24, 2.45) is 0 Å². The van der Waals surface area contributed by atoms with Crippen molar-refractivity contribution in [1.82, 2.24) is 14.9 Å². The highest BCUT2D eigenvalue weighted by Crippen LogP contribution is 2.30. The standard InChI is InChI=1S/C20H15ClF3N3O2/c21-16-4-2-1-3-14(16)10-25-18(28)11-27-12-26-17(9-19(27)29)13-5-7-15(8-6-13)20(22,23)24/h1-9,12H,10-11H2,(H,25,28). The van der Waals surface area contributed by atoms with Crippen molar-refractivity contribution in [3.05, 3.63) is 87.4 Å². The minimum absolute atomic E-state index is 0.213. The maximum atomic E-state index is 12.6. The van der Waals surface area contributed by atoms with Gasteiger partial charge in [0.05, 0.1) is 17.6 Å². The fourth-order valence-electron chi connectivity index (χ4n) is 2.58. The molecule has 0 spiro atoms. The van der Waals surface area contributed by atoms with Crippen LogP contribution in [0.1, 0.15) is 11.1 Å². The van der Waals surface area contributed by atoms with E-state index in [1.54, 1.807) is 24.3 Å². The lowest BCUT2D eigenvalue weighted by Crippen LogP contribution is -2.32. The van der Waals surface area contributed by atoms with E-state index in [9.17, 15) is 22.8 Å². The van der Waals surface area contributed by atoms with Gasteiger partial charge in [0.25, 0.3) is 5.56 Å². The first-order chi connectivity index (χ1) is 13.7. The molecule has 0 atom stereocenters. The average Bonchev–Trinajstić information content (AvgIpc) is 2.68. The largest absolute Gasteiger partial charge is 0.416 e. The van der Waals surface area contributed by atoms with E-state index < -0.39 is 23.2 Å². The van der Waals surface area contributed by atoms with E-state index in [1.165, 1.54) is 24.5 Å². The molecule has 0 fully saturated rings. The van der Waals surface area contributed by atoms with Crippen LogP contribution in [0.15, 0.2) is 65.7 Å². The molecule has 1 heterocycles. The summed E-state index contributed by atoms with van der Waals surface area (Å²) in [6, 6.07) is 12.5. The minimum atomic E-state index is -4.44. The molecule has 5 nitrogen and oxygen atoms in total. The Bertz CT molecular complexity index is 1080. The summed E-state index contributed by atoms with van der Waals surface area (Å²) in [5.74, 6) is -0.406. The fraction of sp³-hybridized carbons (Fsp3) is 0.150. The Hall–Kier alpha value is -3.13. The molecule has 2 aromatic carbocycles. The van der Waals surface area contributed by atoms with Crippen molar-refractivity contribution in [3.63, 3.8) is 0 Å². The van der Waals surface area contributed by atoms with Gasteiger partial charge in [0, 0.05) is 23.2 Å². The van der Waals surface area contributed by atoms with Crippen LogP contribution in [0.3, 0.4) is 0 Å². The molecule has 0 bridgehead atoms. The van der Waals surface area contributed by atoms with E-state index in [1.807, 2.05) is 0 Å². The molecule has 0 unspecified atom stereocenters. The number of alkyl halides is 3. The van der Waals surface area contributed by atoms with Crippen LogP contribution < -0.4 is 10.9 Å². The Labute approximate surface area is 168 Å². The maximum absolute atomic E-state index is 12.6. The lowest BCUT2D eigenvalue weighted by Gasteiger charge is -2.10. The van der Waals surface area contributed by atoms with Crippen LogP contribution in [-0.2, 0) is 24.1 Å². The molecule has 3 rings (SSSR count). The number of carbonyl (C=O) groups excluding carboxylic acids is 1. The van der Waals surface area contributed by atoms with Crippen LogP contribution in [0.5, 0.6) is 0 Å². The number of rotatable bonds is 5. The Morgan fingerprint density at radius 2 is 1.79 bits per heavy atom. The summed E-state index contributed by atoms with van der Waals surface area (Å²) in [7, 11) is 0. The van der Waals surface area contributed by atoms with Gasteiger partial charge in [0.15, 0.2) is 0 Å². The number of hydrogen-bond acceptors (Lipinski definition) is 3. The van der Waals surface area contributed by atoms with E-state index >= 15 is 0 Å². The second-order valence-electron chi connectivity index (χ2n) is 6.18. The molecule has 3 aromatic rings. The van der Waals surface area contributed by atoms with Gasteiger partial charge in [-0.05, 0) is 23.8 Å². The van der Waals surface area contributed by atoms with Crippen molar-refractivity contribution in [2.45, 2.75) is 19.3 Å². The predicted octanol–water partition coefficient (Wildman–Crippen LogP) is 3.90. The van der Waals surface area contributed by atoms with E-state index in [2.05, 4.69) is 10.3 Å². The Morgan fingerprint density at radius 1 is 1.10 bits per heavy atom. The summed E-state index contributed by atoms with van der Waals surface area (Å²) in [6.45, 7) is -0.0338. The SMILES string of the molecule is O=C(Cn1cnc(-c2ccc(C(F)(F)F)cc2)cc1=O)NCc1ccccc1Cl. The van der Waals surface area contributed by atoms with Crippen LogP contribution in [-0.4, -0.2) is 15.5 Å². The first-order valence-electron chi connectivity index (χ1n) is 8.48. The number of nitrogens with one attached hydrogen (secondary N) is 1. The molecule has 1 N–H and O–H groups in total. The number of benzene rings is 2. The molecule has 0 saturated carbocycles. The third-order valence-electron chi connectivity index (χ3n) is 4.14. The lowest BCUT2D eigenvalue weighted by atomic mass is 10.1. The van der Waals surface area contributed by atoms with Crippen LogP contribution in [0.4, 0.5) is 13.2 Å². The van der Waals surface area contributed by atoms with Gasteiger partial charge in [-0.3, -0.25) is 14.2 Å². The topological polar surface area (TPSA) is 64.0 Å². The molecule has 150 valence electrons. The molecule has 9 heteroatoms. The third-order valence-corrected chi connectivity index (χ3v) is 4.50. The average molecular weight is 422 g/mol. The van der Waals surface area contributed by atoms with Crippen molar-refractivity contribution < 1.29 is 18.0 Å². The Balaban J connectivity index is 1.67. The molecule has 1 aromatic heterocycles. The van der Waals surface area contributed by atoms with E-state index in [4.69, 9.17) is 11.6 Å². The van der Waals surface area contributed by atoms with Crippen molar-refractivity contribution in [1.29, 1.82) is 0 Å². The second-order valence-corrected chi connectivity index (χ2v) is 6.59. The summed E-state index contributed by atoms with van der Waals surface area (Å²) >= 11 is 6.02. The monoisotopic (exact) mass is 421 g/mol. The summed E-state index contributed by atoms with van der Waals surface area (Å²) in [4.78, 5) is 28.4. The zero-order valence-corrected chi connectivity index (χ0v) is 15.7. The summed E-state index contributed by atoms with van der Waals surface area (Å²) in [5.41, 5.74) is 0.0417. The van der Waals surface area contributed by atoms with Gasteiger partial charge in [0.1, 0.15) is 6.54 Å². The predicted molar refractivity (Wildman–Crippen MR) is 102 cm³/mol. The highest BCUT2D eigenvalue weighted by Gasteiger charge is 2.30. The molecular weight excluding hydrogens is 407 g/mol. The lowest BCUT2D eigenvalue weighted by molar-refractivity contribution is -0.137. The normalized spacial score (nSPS) is 11.3. The molecule has 0 aliphatic carbocycles. The summed E-state index contributed by atoms with van der Waals surface area (Å²) < 4.78 is 39.0. The number of hydrogen-bond donors (Lipinski definition) is 1. The first-order valence-corrected chi connectivity index (χ1v) is 8.86. The van der Waals surface area contributed by atoms with Crippen molar-refractivity contribution in [2.75, 3.05) is 0 Å². The molecule has 0 aliphatic rings. The first kappa shape index (κ1) is 20.6. The van der Waals surface area contributed by atoms with Gasteiger partial charge in [0.2, 0.25) is 5.91 Å². The molecule has 1 amide bonds. The number of halogens is 4. The van der Waals surface area contributed by atoms with E-state index in [0.29, 0.717) is 10.6 Å². The quantitative estimate of drug-likeness (QED) is 0.679. The molecular formula is C20H15ClF3N3O2. The van der Waals surface area contributed by atoms with Crippen LogP contribution in [0, 0.1) is 0 Å². The zero-order valence-electron chi connectivity index (χ0n) is 14.9. The molecule has 0 saturated heterocycles. The van der Waals surface area contributed by atoms with Gasteiger partial charge >= 0.3 is 6.18 Å². The van der Waals surface area contributed by atoms with E-state index in [0.717, 1.165) is 22.3 Å². The number of amides is 1. The Kier molecular flexibility index (Phi) is 6.03. The summed E-state index contributed by atoms with van der Waals surface area (Å²) in [6.07, 6.45) is -3.25. The van der Waals surface area contributed by atoms with Crippen LogP contribution in [0.2, 0.25) is 5.02 Å². The molecule has 0 radical (unpaired) electrons.